The van der Waals surface area contributed by atoms with Gasteiger partial charge in [-0.1, -0.05) is 0 Å². The minimum atomic E-state index is -1.27. The first-order valence-corrected chi connectivity index (χ1v) is 2.35. The van der Waals surface area contributed by atoms with Crippen LogP contribution in [0.15, 0.2) is 11.8 Å². The van der Waals surface area contributed by atoms with Gasteiger partial charge in [0.2, 0.25) is 0 Å². The van der Waals surface area contributed by atoms with Crippen molar-refractivity contribution in [3.8, 4) is 0 Å². The molecule has 0 bridgehead atoms. The maximum absolute atomic E-state index is 9.77. The number of carboxylic acid groups (broad SMARTS) is 1. The summed E-state index contributed by atoms with van der Waals surface area (Å²) >= 11 is 0. The van der Waals surface area contributed by atoms with E-state index in [1.807, 2.05) is 0 Å². The summed E-state index contributed by atoms with van der Waals surface area (Å²) in [5.74, 6) is -1.81. The first kappa shape index (κ1) is 7.97. The van der Waals surface area contributed by atoms with Crippen molar-refractivity contribution in [2.75, 3.05) is 0 Å². The van der Waals surface area contributed by atoms with Crippen LogP contribution < -0.4 is 0 Å². The molecule has 0 aromatic carbocycles. The summed E-state index contributed by atoms with van der Waals surface area (Å²) in [6.45, 7) is 1.27. The van der Waals surface area contributed by atoms with E-state index in [-0.39, 0.29) is 0 Å². The second-order valence-corrected chi connectivity index (χ2v) is 1.58. The molecule has 0 aliphatic carbocycles. The molecule has 9 heavy (non-hydrogen) atoms. The van der Waals surface area contributed by atoms with Crippen LogP contribution in [-0.2, 0) is 4.79 Å². The molecule has 3 N–H and O–H groups in total. The Morgan fingerprint density at radius 1 is 1.56 bits per heavy atom. The van der Waals surface area contributed by atoms with Gasteiger partial charge < -0.3 is 15.3 Å². The lowest BCUT2D eigenvalue weighted by Crippen LogP contribution is -2.05. The molecule has 0 amide bonds. The molecule has 0 aromatic rings. The fourth-order valence-corrected chi connectivity index (χ4v) is 0.247. The van der Waals surface area contributed by atoms with Crippen molar-refractivity contribution in [1.82, 2.24) is 0 Å². The van der Waals surface area contributed by atoms with E-state index in [2.05, 4.69) is 0 Å². The Balaban J connectivity index is 4.00. The molecular weight excluding hydrogens is 124 g/mol. The summed E-state index contributed by atoms with van der Waals surface area (Å²) in [6, 6.07) is 0. The highest BCUT2D eigenvalue weighted by Gasteiger charge is 2.02. The molecule has 0 saturated carbocycles. The SMILES string of the molecule is CC(O)C(O)=CC(=O)O. The van der Waals surface area contributed by atoms with Gasteiger partial charge >= 0.3 is 5.97 Å². The zero-order valence-electron chi connectivity index (χ0n) is 4.90. The van der Waals surface area contributed by atoms with E-state index in [4.69, 9.17) is 15.3 Å². The average Bonchev–Trinajstić information content (AvgIpc) is 1.63. The molecule has 0 radical (unpaired) electrons. The molecule has 52 valence electrons. The maximum atomic E-state index is 9.77. The van der Waals surface area contributed by atoms with E-state index in [0.717, 1.165) is 0 Å². The van der Waals surface area contributed by atoms with Crippen LogP contribution >= 0.6 is 0 Å². The molecule has 0 aliphatic heterocycles. The van der Waals surface area contributed by atoms with E-state index in [1.165, 1.54) is 6.92 Å². The van der Waals surface area contributed by atoms with E-state index in [1.54, 1.807) is 0 Å². The Hall–Kier alpha value is -1.03. The second kappa shape index (κ2) is 3.09. The number of carboxylic acids is 1. The average molecular weight is 132 g/mol. The Labute approximate surface area is 52.1 Å². The lowest BCUT2D eigenvalue weighted by molar-refractivity contribution is -0.131. The van der Waals surface area contributed by atoms with Crippen molar-refractivity contribution in [3.05, 3.63) is 11.8 Å². The number of aliphatic carboxylic acids is 1. The molecule has 0 saturated heterocycles. The minimum absolute atomic E-state index is 0.539. The highest BCUT2D eigenvalue weighted by Crippen LogP contribution is 1.94. The summed E-state index contributed by atoms with van der Waals surface area (Å²) in [7, 11) is 0. The van der Waals surface area contributed by atoms with Gasteiger partial charge in [0, 0.05) is 0 Å². The lowest BCUT2D eigenvalue weighted by Gasteiger charge is -1.98. The van der Waals surface area contributed by atoms with Crippen LogP contribution in [0, 0.1) is 0 Å². The standard InChI is InChI=1S/C5H8O4/c1-3(6)4(7)2-5(8)9/h2-3,6-7H,1H3,(H,8,9). The van der Waals surface area contributed by atoms with E-state index in [9.17, 15) is 4.79 Å². The molecule has 0 heterocycles. The van der Waals surface area contributed by atoms with Gasteiger partial charge in [-0.3, -0.25) is 0 Å². The van der Waals surface area contributed by atoms with Crippen LogP contribution in [0.4, 0.5) is 0 Å². The van der Waals surface area contributed by atoms with Gasteiger partial charge in [0.05, 0.1) is 6.08 Å². The summed E-state index contributed by atoms with van der Waals surface area (Å²) < 4.78 is 0. The molecule has 0 aromatic heterocycles. The monoisotopic (exact) mass is 132 g/mol. The van der Waals surface area contributed by atoms with E-state index in [0.29, 0.717) is 6.08 Å². The van der Waals surface area contributed by atoms with E-state index >= 15 is 0 Å². The molecule has 0 spiro atoms. The van der Waals surface area contributed by atoms with Crippen LogP contribution in [0.3, 0.4) is 0 Å². The number of carbonyl (C=O) groups is 1. The van der Waals surface area contributed by atoms with Gasteiger partial charge in [0.25, 0.3) is 0 Å². The van der Waals surface area contributed by atoms with Gasteiger partial charge in [0.1, 0.15) is 11.9 Å². The summed E-state index contributed by atoms with van der Waals surface area (Å²) in [5.41, 5.74) is 0. The number of aliphatic hydroxyl groups excluding tert-OH is 2. The quantitative estimate of drug-likeness (QED) is 0.362. The third kappa shape index (κ3) is 3.54. The van der Waals surface area contributed by atoms with Crippen molar-refractivity contribution < 1.29 is 20.1 Å². The van der Waals surface area contributed by atoms with E-state index < -0.39 is 17.8 Å². The third-order valence-corrected chi connectivity index (χ3v) is 0.699. The van der Waals surface area contributed by atoms with Crippen LogP contribution in [0.1, 0.15) is 6.92 Å². The molecule has 1 atom stereocenters. The highest BCUT2D eigenvalue weighted by atomic mass is 16.4. The molecule has 1 unspecified atom stereocenters. The van der Waals surface area contributed by atoms with Gasteiger partial charge in [-0.25, -0.2) is 4.79 Å². The summed E-state index contributed by atoms with van der Waals surface area (Å²) in [5, 5.41) is 25.0. The van der Waals surface area contributed by atoms with Crippen molar-refractivity contribution in [1.29, 1.82) is 0 Å². The number of hydrogen-bond acceptors (Lipinski definition) is 3. The molecule has 0 rings (SSSR count). The molecule has 0 fully saturated rings. The van der Waals surface area contributed by atoms with Gasteiger partial charge in [-0.15, -0.1) is 0 Å². The predicted octanol–water partition coefficient (Wildman–Crippen LogP) is -0.106. The predicted molar refractivity (Wildman–Crippen MR) is 30.0 cm³/mol. The smallest absolute Gasteiger partial charge is 0.331 e. The fourth-order valence-electron chi connectivity index (χ4n) is 0.247. The third-order valence-electron chi connectivity index (χ3n) is 0.699. The number of hydrogen-bond donors (Lipinski definition) is 3. The lowest BCUT2D eigenvalue weighted by atomic mass is 10.3. The zero-order valence-corrected chi connectivity index (χ0v) is 4.90. The first-order valence-electron chi connectivity index (χ1n) is 2.35. The Morgan fingerprint density at radius 2 is 2.00 bits per heavy atom. The highest BCUT2D eigenvalue weighted by molar-refractivity contribution is 5.80. The van der Waals surface area contributed by atoms with Crippen molar-refractivity contribution in [2.24, 2.45) is 0 Å². The van der Waals surface area contributed by atoms with Crippen molar-refractivity contribution in [3.63, 3.8) is 0 Å². The van der Waals surface area contributed by atoms with Crippen molar-refractivity contribution in [2.45, 2.75) is 13.0 Å². The zero-order chi connectivity index (χ0) is 7.44. The minimum Gasteiger partial charge on any atom is -0.509 e. The van der Waals surface area contributed by atoms with Gasteiger partial charge in [-0.05, 0) is 6.92 Å². The van der Waals surface area contributed by atoms with Gasteiger partial charge in [-0.2, -0.15) is 0 Å². The fraction of sp³-hybridized carbons (Fsp3) is 0.400. The van der Waals surface area contributed by atoms with Crippen molar-refractivity contribution >= 4 is 5.97 Å². The normalized spacial score (nSPS) is 15.1. The largest absolute Gasteiger partial charge is 0.509 e. The van der Waals surface area contributed by atoms with Gasteiger partial charge in [0.15, 0.2) is 0 Å². The first-order chi connectivity index (χ1) is 4.04. The molecular formula is C5H8O4. The topological polar surface area (TPSA) is 77.8 Å². The molecule has 4 heteroatoms. The van der Waals surface area contributed by atoms with Crippen LogP contribution in [0.5, 0.6) is 0 Å². The van der Waals surface area contributed by atoms with Crippen LogP contribution in [-0.4, -0.2) is 27.4 Å². The van der Waals surface area contributed by atoms with Crippen LogP contribution in [0.2, 0.25) is 0 Å². The summed E-state index contributed by atoms with van der Waals surface area (Å²) in [6.07, 6.45) is -0.564. The second-order valence-electron chi connectivity index (χ2n) is 1.58. The summed E-state index contributed by atoms with van der Waals surface area (Å²) in [4.78, 5) is 9.77. The Bertz CT molecular complexity index is 136. The molecule has 4 nitrogen and oxygen atoms in total. The van der Waals surface area contributed by atoms with Crippen LogP contribution in [0.25, 0.3) is 0 Å². The number of aliphatic hydroxyl groups is 2. The number of rotatable bonds is 2. The Kier molecular flexibility index (Phi) is 2.73. The molecule has 0 aliphatic rings. The maximum Gasteiger partial charge on any atom is 0.331 e. The Morgan fingerprint density at radius 3 is 2.11 bits per heavy atom.